The number of aromatic nitrogens is 1. The number of nitrogens with zero attached hydrogens (tertiary/aromatic N) is 2. The molecule has 2 heterocycles. The minimum Gasteiger partial charge on any atom is -0.361 e. The van der Waals surface area contributed by atoms with Gasteiger partial charge in [-0.15, -0.1) is 0 Å². The van der Waals surface area contributed by atoms with E-state index in [9.17, 15) is 9.18 Å². The maximum Gasteiger partial charge on any atom is 0.276 e. The number of hydrogen-bond donors (Lipinski definition) is 0. The van der Waals surface area contributed by atoms with Crippen LogP contribution in [0.3, 0.4) is 0 Å². The van der Waals surface area contributed by atoms with Crippen molar-refractivity contribution >= 4 is 5.91 Å². The lowest BCUT2D eigenvalue weighted by atomic mass is 10.0. The molecule has 1 aliphatic heterocycles. The summed E-state index contributed by atoms with van der Waals surface area (Å²) in [5.74, 6) is 0.314. The Morgan fingerprint density at radius 2 is 2.32 bits per heavy atom. The highest BCUT2D eigenvalue weighted by molar-refractivity contribution is 5.92. The summed E-state index contributed by atoms with van der Waals surface area (Å²) in [5.41, 5.74) is 1.18. The molecule has 5 heteroatoms. The molecule has 1 fully saturated rings. The highest BCUT2D eigenvalue weighted by Gasteiger charge is 2.32. The molecule has 0 bridgehead atoms. The molecule has 116 valence electrons. The van der Waals surface area contributed by atoms with E-state index in [1.54, 1.807) is 17.0 Å². The summed E-state index contributed by atoms with van der Waals surface area (Å²) in [6.07, 6.45) is 3.47. The summed E-state index contributed by atoms with van der Waals surface area (Å²) < 4.78 is 18.6. The van der Waals surface area contributed by atoms with E-state index in [1.165, 1.54) is 12.1 Å². The number of benzene rings is 1. The Morgan fingerprint density at radius 1 is 1.45 bits per heavy atom. The summed E-state index contributed by atoms with van der Waals surface area (Å²) in [6, 6.07) is 8.09. The van der Waals surface area contributed by atoms with E-state index >= 15 is 0 Å². The van der Waals surface area contributed by atoms with Crippen LogP contribution >= 0.6 is 0 Å². The molecule has 1 aliphatic rings. The lowest BCUT2D eigenvalue weighted by Gasteiger charge is -2.24. The summed E-state index contributed by atoms with van der Waals surface area (Å²) in [6.45, 7) is 2.71. The third-order valence-corrected chi connectivity index (χ3v) is 4.02. The van der Waals surface area contributed by atoms with Crippen LogP contribution in [0.2, 0.25) is 0 Å². The van der Waals surface area contributed by atoms with Crippen LogP contribution in [-0.4, -0.2) is 22.5 Å². The monoisotopic (exact) mass is 302 g/mol. The molecule has 1 atom stereocenters. The highest BCUT2D eigenvalue weighted by Crippen LogP contribution is 2.33. The zero-order chi connectivity index (χ0) is 15.5. The molecule has 0 radical (unpaired) electrons. The zero-order valence-electron chi connectivity index (χ0n) is 12.6. The first-order chi connectivity index (χ1) is 10.7. The van der Waals surface area contributed by atoms with Gasteiger partial charge >= 0.3 is 0 Å². The minimum absolute atomic E-state index is 0.0884. The topological polar surface area (TPSA) is 46.3 Å². The fraction of sp³-hybridized carbons (Fsp3) is 0.412. The van der Waals surface area contributed by atoms with Crippen molar-refractivity contribution in [1.82, 2.24) is 10.1 Å². The van der Waals surface area contributed by atoms with Gasteiger partial charge in [0.15, 0.2) is 5.69 Å². The third kappa shape index (κ3) is 2.89. The highest BCUT2D eigenvalue weighted by atomic mass is 19.1. The van der Waals surface area contributed by atoms with Crippen molar-refractivity contribution in [3.8, 4) is 0 Å². The van der Waals surface area contributed by atoms with Crippen molar-refractivity contribution in [2.75, 3.05) is 6.54 Å². The SMILES string of the molecule is CCCc1cc(C(=O)N2CCC[C@@H]2c2cccc(F)c2)no1. The number of aryl methyl sites for hydroxylation is 1. The van der Waals surface area contributed by atoms with Gasteiger partial charge in [0.2, 0.25) is 0 Å². The second-order valence-corrected chi connectivity index (χ2v) is 5.64. The largest absolute Gasteiger partial charge is 0.361 e. The molecule has 0 saturated carbocycles. The molecule has 1 amide bonds. The van der Waals surface area contributed by atoms with Crippen molar-refractivity contribution in [3.63, 3.8) is 0 Å². The molecule has 0 unspecified atom stereocenters. The predicted octanol–water partition coefficient (Wildman–Crippen LogP) is 3.74. The Balaban J connectivity index is 1.81. The molecule has 2 aromatic rings. The maximum absolute atomic E-state index is 13.4. The first-order valence-electron chi connectivity index (χ1n) is 7.71. The molecule has 22 heavy (non-hydrogen) atoms. The first kappa shape index (κ1) is 14.8. The zero-order valence-corrected chi connectivity index (χ0v) is 12.6. The summed E-state index contributed by atoms with van der Waals surface area (Å²) in [7, 11) is 0. The van der Waals surface area contributed by atoms with Crippen LogP contribution in [0.25, 0.3) is 0 Å². The Morgan fingerprint density at radius 3 is 3.09 bits per heavy atom. The van der Waals surface area contributed by atoms with E-state index in [0.717, 1.165) is 37.0 Å². The van der Waals surface area contributed by atoms with Gasteiger partial charge in [0.05, 0.1) is 6.04 Å². The maximum atomic E-state index is 13.4. The normalized spacial score (nSPS) is 17.9. The lowest BCUT2D eigenvalue weighted by Crippen LogP contribution is -2.30. The van der Waals surface area contributed by atoms with Gasteiger partial charge in [-0.3, -0.25) is 4.79 Å². The van der Waals surface area contributed by atoms with Crippen LogP contribution in [-0.2, 0) is 6.42 Å². The number of halogens is 1. The molecule has 1 saturated heterocycles. The van der Waals surface area contributed by atoms with Crippen LogP contribution in [0.15, 0.2) is 34.9 Å². The van der Waals surface area contributed by atoms with Gasteiger partial charge in [-0.25, -0.2) is 4.39 Å². The molecule has 0 spiro atoms. The Bertz CT molecular complexity index is 668. The molecular weight excluding hydrogens is 283 g/mol. The van der Waals surface area contributed by atoms with Crippen LogP contribution in [0.1, 0.15) is 54.0 Å². The van der Waals surface area contributed by atoms with E-state index in [4.69, 9.17) is 4.52 Å². The predicted molar refractivity (Wildman–Crippen MR) is 79.9 cm³/mol. The van der Waals surface area contributed by atoms with Crippen LogP contribution in [0.5, 0.6) is 0 Å². The number of carbonyl (C=O) groups is 1. The molecule has 0 N–H and O–H groups in total. The van der Waals surface area contributed by atoms with E-state index in [2.05, 4.69) is 5.16 Å². The van der Waals surface area contributed by atoms with Crippen molar-refractivity contribution in [2.45, 2.75) is 38.6 Å². The molecule has 0 aliphatic carbocycles. The number of rotatable bonds is 4. The standard InChI is InChI=1S/C17H19FN2O2/c1-2-5-14-11-15(19-22-14)17(21)20-9-4-8-16(20)12-6-3-7-13(18)10-12/h3,6-7,10-11,16H,2,4-5,8-9H2,1H3/t16-/m1/s1. The second kappa shape index (κ2) is 6.30. The summed E-state index contributed by atoms with van der Waals surface area (Å²) in [5, 5.41) is 3.88. The van der Waals surface area contributed by atoms with Gasteiger partial charge in [-0.2, -0.15) is 0 Å². The second-order valence-electron chi connectivity index (χ2n) is 5.64. The number of likely N-dealkylation sites (tertiary alicyclic amines) is 1. The van der Waals surface area contributed by atoms with Gasteiger partial charge in [-0.05, 0) is 37.0 Å². The van der Waals surface area contributed by atoms with E-state index in [0.29, 0.717) is 12.2 Å². The van der Waals surface area contributed by atoms with Crippen molar-refractivity contribution in [3.05, 3.63) is 53.2 Å². The summed E-state index contributed by atoms with van der Waals surface area (Å²) in [4.78, 5) is 14.4. The number of hydrogen-bond acceptors (Lipinski definition) is 3. The molecule has 3 rings (SSSR count). The average Bonchev–Trinajstić information content (AvgIpc) is 3.16. The van der Waals surface area contributed by atoms with Gasteiger partial charge in [0.25, 0.3) is 5.91 Å². The van der Waals surface area contributed by atoms with Crippen molar-refractivity contribution in [1.29, 1.82) is 0 Å². The van der Waals surface area contributed by atoms with E-state index < -0.39 is 0 Å². The Labute approximate surface area is 128 Å². The number of amides is 1. The fourth-order valence-corrected chi connectivity index (χ4v) is 3.00. The van der Waals surface area contributed by atoms with Crippen LogP contribution in [0, 0.1) is 5.82 Å². The first-order valence-corrected chi connectivity index (χ1v) is 7.71. The lowest BCUT2D eigenvalue weighted by molar-refractivity contribution is 0.0725. The summed E-state index contributed by atoms with van der Waals surface area (Å²) >= 11 is 0. The minimum atomic E-state index is -0.275. The smallest absolute Gasteiger partial charge is 0.276 e. The number of carbonyl (C=O) groups excluding carboxylic acids is 1. The van der Waals surface area contributed by atoms with E-state index in [1.807, 2.05) is 13.0 Å². The molecule has 1 aromatic heterocycles. The van der Waals surface area contributed by atoms with Crippen LogP contribution in [0.4, 0.5) is 4.39 Å². The molecular formula is C17H19FN2O2. The average molecular weight is 302 g/mol. The van der Waals surface area contributed by atoms with E-state index in [-0.39, 0.29) is 17.8 Å². The van der Waals surface area contributed by atoms with Crippen molar-refractivity contribution in [2.24, 2.45) is 0 Å². The van der Waals surface area contributed by atoms with Crippen molar-refractivity contribution < 1.29 is 13.7 Å². The van der Waals surface area contributed by atoms with Gasteiger partial charge in [0, 0.05) is 19.0 Å². The van der Waals surface area contributed by atoms with Gasteiger partial charge < -0.3 is 9.42 Å². The van der Waals surface area contributed by atoms with Gasteiger partial charge in [0.1, 0.15) is 11.6 Å². The fourth-order valence-electron chi connectivity index (χ4n) is 3.00. The molecule has 1 aromatic carbocycles. The third-order valence-electron chi connectivity index (χ3n) is 4.02. The Kier molecular flexibility index (Phi) is 4.22. The van der Waals surface area contributed by atoms with Gasteiger partial charge in [-0.1, -0.05) is 24.2 Å². The van der Waals surface area contributed by atoms with Crippen LogP contribution < -0.4 is 0 Å². The quantitative estimate of drug-likeness (QED) is 0.864. The molecule has 4 nitrogen and oxygen atoms in total. The Hall–Kier alpha value is -2.17.